The molecule has 0 radical (unpaired) electrons. The zero-order valence-electron chi connectivity index (χ0n) is 13.6. The van der Waals surface area contributed by atoms with E-state index < -0.39 is 5.97 Å². The Kier molecular flexibility index (Phi) is 3.03. The molecule has 26 heavy (non-hydrogen) atoms. The Bertz CT molecular complexity index is 1190. The number of imidazole rings is 1. The second-order valence-electron chi connectivity index (χ2n) is 6.13. The smallest absolute Gasteiger partial charge is 0.328 e. The molecule has 1 aliphatic rings. The monoisotopic (exact) mass is 339 g/mol. The Morgan fingerprint density at radius 1 is 0.923 bits per heavy atom. The maximum absolute atomic E-state index is 11.3. The van der Waals surface area contributed by atoms with Crippen molar-refractivity contribution < 1.29 is 9.90 Å². The van der Waals surface area contributed by atoms with E-state index in [0.717, 1.165) is 44.7 Å². The number of aromatic amines is 1. The molecule has 0 saturated heterocycles. The van der Waals surface area contributed by atoms with Gasteiger partial charge in [0.2, 0.25) is 0 Å². The van der Waals surface area contributed by atoms with Crippen LogP contribution in [0.4, 0.5) is 0 Å². The second-order valence-corrected chi connectivity index (χ2v) is 6.13. The minimum atomic E-state index is -0.957. The van der Waals surface area contributed by atoms with Crippen molar-refractivity contribution in [2.45, 2.75) is 0 Å². The molecule has 5 nitrogen and oxygen atoms in total. The van der Waals surface area contributed by atoms with Crippen LogP contribution in [0, 0.1) is 0 Å². The molecule has 2 aromatic carbocycles. The predicted octanol–water partition coefficient (Wildman–Crippen LogP) is 4.12. The number of nitrogens with one attached hydrogen (secondary N) is 1. The molecule has 5 rings (SSSR count). The van der Waals surface area contributed by atoms with Gasteiger partial charge < -0.3 is 10.1 Å². The fourth-order valence-corrected chi connectivity index (χ4v) is 3.60. The van der Waals surface area contributed by atoms with Crippen LogP contribution in [0.2, 0.25) is 0 Å². The van der Waals surface area contributed by atoms with Gasteiger partial charge in [0, 0.05) is 23.4 Å². The number of benzene rings is 2. The van der Waals surface area contributed by atoms with Gasteiger partial charge in [-0.2, -0.15) is 0 Å². The maximum Gasteiger partial charge on any atom is 0.328 e. The average Bonchev–Trinajstić information content (AvgIpc) is 3.22. The summed E-state index contributed by atoms with van der Waals surface area (Å²) in [6.45, 7) is 0. The standard InChI is InChI=1S/C21H13N3O2/c25-18(26)11-16-12-5-1-2-6-13(12)19-14(16)7-3-8-15(19)20-23-17-9-4-10-22-21(17)24-20/h1-11H,(H,25,26)(H,22,23,24). The van der Waals surface area contributed by atoms with Crippen molar-refractivity contribution in [3.63, 3.8) is 0 Å². The molecule has 5 heteroatoms. The van der Waals surface area contributed by atoms with Crippen LogP contribution < -0.4 is 0 Å². The molecule has 0 atom stereocenters. The Hall–Kier alpha value is -3.73. The number of aromatic nitrogens is 3. The highest BCUT2D eigenvalue weighted by atomic mass is 16.4. The summed E-state index contributed by atoms with van der Waals surface area (Å²) in [5.74, 6) is -0.233. The van der Waals surface area contributed by atoms with Gasteiger partial charge in [0.25, 0.3) is 0 Å². The molecule has 0 aliphatic heterocycles. The molecule has 4 aromatic rings. The molecule has 0 unspecified atom stereocenters. The second kappa shape index (κ2) is 5.39. The maximum atomic E-state index is 11.3. The van der Waals surface area contributed by atoms with Gasteiger partial charge in [-0.05, 0) is 34.4 Å². The molecular formula is C21H13N3O2. The van der Waals surface area contributed by atoms with Gasteiger partial charge in [-0.15, -0.1) is 0 Å². The molecule has 0 saturated carbocycles. The number of carboxylic acids is 1. The van der Waals surface area contributed by atoms with Crippen LogP contribution in [0.5, 0.6) is 0 Å². The number of H-pyrrole nitrogens is 1. The highest BCUT2D eigenvalue weighted by molar-refractivity contribution is 6.09. The number of rotatable bonds is 2. The van der Waals surface area contributed by atoms with E-state index in [-0.39, 0.29) is 0 Å². The summed E-state index contributed by atoms with van der Waals surface area (Å²) in [6.07, 6.45) is 2.99. The Morgan fingerprint density at radius 2 is 1.69 bits per heavy atom. The third kappa shape index (κ3) is 2.07. The number of aliphatic carboxylic acids is 1. The summed E-state index contributed by atoms with van der Waals surface area (Å²) < 4.78 is 0. The van der Waals surface area contributed by atoms with Gasteiger partial charge in [0.05, 0.1) is 5.52 Å². The predicted molar refractivity (Wildman–Crippen MR) is 99.5 cm³/mol. The van der Waals surface area contributed by atoms with Crippen LogP contribution in [0.1, 0.15) is 11.1 Å². The SMILES string of the molecule is O=C(O)C=C1c2ccccc2-c2c1cccc2-c1nc2ncccc2[nH]1. The summed E-state index contributed by atoms with van der Waals surface area (Å²) >= 11 is 0. The van der Waals surface area contributed by atoms with E-state index >= 15 is 0 Å². The first-order valence-electron chi connectivity index (χ1n) is 8.21. The van der Waals surface area contributed by atoms with Gasteiger partial charge in [-0.3, -0.25) is 0 Å². The Morgan fingerprint density at radius 3 is 2.50 bits per heavy atom. The van der Waals surface area contributed by atoms with Crippen LogP contribution in [0.3, 0.4) is 0 Å². The number of pyridine rings is 1. The number of carbonyl (C=O) groups is 1. The van der Waals surface area contributed by atoms with Crippen LogP contribution in [-0.4, -0.2) is 26.0 Å². The molecule has 0 spiro atoms. The lowest BCUT2D eigenvalue weighted by Crippen LogP contribution is -1.91. The largest absolute Gasteiger partial charge is 0.478 e. The Balaban J connectivity index is 1.82. The van der Waals surface area contributed by atoms with Gasteiger partial charge in [0.15, 0.2) is 5.65 Å². The molecule has 2 heterocycles. The first kappa shape index (κ1) is 14.6. The lowest BCUT2D eigenvalue weighted by molar-refractivity contribution is -0.131. The number of fused-ring (bicyclic) bond motifs is 4. The molecule has 0 amide bonds. The van der Waals surface area contributed by atoms with E-state index in [9.17, 15) is 9.90 Å². The summed E-state index contributed by atoms with van der Waals surface area (Å²) in [4.78, 5) is 23.6. The summed E-state index contributed by atoms with van der Waals surface area (Å²) in [5.41, 5.74) is 7.01. The summed E-state index contributed by atoms with van der Waals surface area (Å²) in [5, 5.41) is 9.30. The van der Waals surface area contributed by atoms with Gasteiger partial charge in [-0.25, -0.2) is 14.8 Å². The molecule has 2 N–H and O–H groups in total. The third-order valence-electron chi connectivity index (χ3n) is 4.62. The highest BCUT2D eigenvalue weighted by Crippen LogP contribution is 2.48. The van der Waals surface area contributed by atoms with E-state index in [1.165, 1.54) is 6.08 Å². The van der Waals surface area contributed by atoms with Crippen molar-refractivity contribution in [2.75, 3.05) is 0 Å². The average molecular weight is 339 g/mol. The lowest BCUT2D eigenvalue weighted by Gasteiger charge is -2.07. The first-order valence-corrected chi connectivity index (χ1v) is 8.21. The molecular weight excluding hydrogens is 326 g/mol. The summed E-state index contributed by atoms with van der Waals surface area (Å²) in [6, 6.07) is 17.5. The topological polar surface area (TPSA) is 78.9 Å². The zero-order valence-corrected chi connectivity index (χ0v) is 13.6. The highest BCUT2D eigenvalue weighted by Gasteiger charge is 2.27. The van der Waals surface area contributed by atoms with Crippen LogP contribution >= 0.6 is 0 Å². The number of hydrogen-bond acceptors (Lipinski definition) is 3. The van der Waals surface area contributed by atoms with Gasteiger partial charge in [-0.1, -0.05) is 42.5 Å². The molecule has 0 bridgehead atoms. The molecule has 1 aliphatic carbocycles. The van der Waals surface area contributed by atoms with E-state index in [1.807, 2.05) is 54.6 Å². The van der Waals surface area contributed by atoms with Crippen molar-refractivity contribution in [1.29, 1.82) is 0 Å². The van der Waals surface area contributed by atoms with Crippen molar-refractivity contribution in [3.8, 4) is 22.5 Å². The molecule has 124 valence electrons. The van der Waals surface area contributed by atoms with Crippen LogP contribution in [0.25, 0.3) is 39.3 Å². The van der Waals surface area contributed by atoms with Crippen LogP contribution in [-0.2, 0) is 4.79 Å². The minimum Gasteiger partial charge on any atom is -0.478 e. The van der Waals surface area contributed by atoms with Gasteiger partial charge >= 0.3 is 5.97 Å². The number of nitrogens with zero attached hydrogens (tertiary/aromatic N) is 2. The van der Waals surface area contributed by atoms with Crippen molar-refractivity contribution in [2.24, 2.45) is 0 Å². The first-order chi connectivity index (χ1) is 12.7. The Labute approximate surface area is 148 Å². The van der Waals surface area contributed by atoms with Crippen molar-refractivity contribution in [1.82, 2.24) is 15.0 Å². The fourth-order valence-electron chi connectivity index (χ4n) is 3.60. The van der Waals surface area contributed by atoms with Crippen LogP contribution in [0.15, 0.2) is 66.9 Å². The van der Waals surface area contributed by atoms with E-state index in [4.69, 9.17) is 0 Å². The summed E-state index contributed by atoms with van der Waals surface area (Å²) in [7, 11) is 0. The number of hydrogen-bond donors (Lipinski definition) is 2. The van der Waals surface area contributed by atoms with E-state index in [2.05, 4.69) is 15.0 Å². The molecule has 0 fully saturated rings. The minimum absolute atomic E-state index is 0.660. The zero-order chi connectivity index (χ0) is 17.7. The number of carboxylic acid groups (broad SMARTS) is 1. The normalized spacial score (nSPS) is 13.8. The molecule has 2 aromatic heterocycles. The van der Waals surface area contributed by atoms with E-state index in [1.54, 1.807) is 6.20 Å². The van der Waals surface area contributed by atoms with E-state index in [0.29, 0.717) is 5.65 Å². The lowest BCUT2D eigenvalue weighted by atomic mass is 9.98. The fraction of sp³-hybridized carbons (Fsp3) is 0. The van der Waals surface area contributed by atoms with Crippen molar-refractivity contribution in [3.05, 3.63) is 78.0 Å². The quantitative estimate of drug-likeness (QED) is 0.474. The van der Waals surface area contributed by atoms with Gasteiger partial charge in [0.1, 0.15) is 5.82 Å². The van der Waals surface area contributed by atoms with Crippen molar-refractivity contribution >= 4 is 22.7 Å². The third-order valence-corrected chi connectivity index (χ3v) is 4.62.